The molecule has 4 rings (SSSR count). The molecule has 182 valence electrons. The fourth-order valence-electron chi connectivity index (χ4n) is 4.30. The second-order valence-electron chi connectivity index (χ2n) is 9.43. The molecule has 2 aliphatic rings. The number of benzene rings is 2. The summed E-state index contributed by atoms with van der Waals surface area (Å²) in [6, 6.07) is 17.5. The van der Waals surface area contributed by atoms with E-state index in [-0.39, 0.29) is 30.3 Å². The van der Waals surface area contributed by atoms with Crippen LogP contribution in [0.1, 0.15) is 64.1 Å². The zero-order valence-corrected chi connectivity index (χ0v) is 21.6. The zero-order valence-electron chi connectivity index (χ0n) is 20.8. The van der Waals surface area contributed by atoms with Gasteiger partial charge in [0, 0.05) is 17.4 Å². The number of anilines is 1. The average Bonchev–Trinajstić information content (AvgIpc) is 3.20. The minimum Gasteiger partial charge on any atom is -0.354 e. The molecular formula is C28H32N4O2S. The molecule has 2 N–H and O–H groups in total. The molecule has 2 aliphatic heterocycles. The van der Waals surface area contributed by atoms with Crippen molar-refractivity contribution in [2.24, 2.45) is 4.99 Å². The molecule has 0 fully saturated rings. The van der Waals surface area contributed by atoms with Crippen molar-refractivity contribution in [2.75, 3.05) is 5.32 Å². The summed E-state index contributed by atoms with van der Waals surface area (Å²) in [4.78, 5) is 33.1. The number of fused-ring (bicyclic) bond motifs is 1. The zero-order chi connectivity index (χ0) is 25.1. The number of thioether (sulfide) groups is 1. The molecule has 6 nitrogen and oxygen atoms in total. The lowest BCUT2D eigenvalue weighted by Gasteiger charge is -2.36. The molecule has 35 heavy (non-hydrogen) atoms. The third-order valence-electron chi connectivity index (χ3n) is 5.99. The quantitative estimate of drug-likeness (QED) is 0.506. The molecule has 0 aliphatic carbocycles. The first kappa shape index (κ1) is 24.8. The number of aliphatic imine (C=N–C) groups is 1. The summed E-state index contributed by atoms with van der Waals surface area (Å²) < 4.78 is 0. The van der Waals surface area contributed by atoms with E-state index < -0.39 is 0 Å². The topological polar surface area (TPSA) is 73.8 Å². The van der Waals surface area contributed by atoms with E-state index in [0.717, 1.165) is 22.1 Å². The number of hydrogen-bond donors (Lipinski definition) is 2. The summed E-state index contributed by atoms with van der Waals surface area (Å²) in [6.45, 7) is 10.1. The maximum Gasteiger partial charge on any atom is 0.255 e. The lowest BCUT2D eigenvalue weighted by Crippen LogP contribution is -2.39. The van der Waals surface area contributed by atoms with Gasteiger partial charge < -0.3 is 15.5 Å². The van der Waals surface area contributed by atoms with Gasteiger partial charge in [0.25, 0.3) is 5.91 Å². The van der Waals surface area contributed by atoms with Crippen LogP contribution in [0.4, 0.5) is 5.69 Å². The number of allylic oxidation sites excluding steroid dienone is 1. The normalized spacial score (nSPS) is 17.3. The van der Waals surface area contributed by atoms with Crippen molar-refractivity contribution in [3.05, 3.63) is 88.1 Å². The Balaban J connectivity index is 1.74. The van der Waals surface area contributed by atoms with Crippen molar-refractivity contribution in [2.45, 2.75) is 59.0 Å². The van der Waals surface area contributed by atoms with Gasteiger partial charge in [0.15, 0.2) is 5.17 Å². The summed E-state index contributed by atoms with van der Waals surface area (Å²) in [5, 5.41) is 8.76. The molecule has 0 radical (unpaired) electrons. The standard InChI is InChI=1S/C28H32N4O2S/c1-17(2)20-11-13-21(14-12-20)26-25(27(34)31-22-9-7-6-8-10-22)19(5)30-28-32(26)23(16-35-28)15-24(33)29-18(3)4/h6-14,16-18,26H,15H2,1-5H3,(H,29,33)(H,31,34). The minimum atomic E-state index is -0.388. The number of amidine groups is 1. The van der Waals surface area contributed by atoms with Gasteiger partial charge in [-0.3, -0.25) is 9.59 Å². The Morgan fingerprint density at radius 3 is 2.34 bits per heavy atom. The van der Waals surface area contributed by atoms with Crippen LogP contribution in [-0.4, -0.2) is 27.9 Å². The van der Waals surface area contributed by atoms with E-state index in [0.29, 0.717) is 17.2 Å². The average molecular weight is 489 g/mol. The Hall–Kier alpha value is -3.32. The van der Waals surface area contributed by atoms with Gasteiger partial charge in [0.2, 0.25) is 5.91 Å². The molecule has 1 unspecified atom stereocenters. The summed E-state index contributed by atoms with van der Waals surface area (Å²) in [7, 11) is 0. The van der Waals surface area contributed by atoms with Crippen LogP contribution in [0.25, 0.3) is 0 Å². The van der Waals surface area contributed by atoms with Crippen molar-refractivity contribution in [3.8, 4) is 0 Å². The van der Waals surface area contributed by atoms with Gasteiger partial charge in [0.05, 0.1) is 23.7 Å². The predicted octanol–water partition coefficient (Wildman–Crippen LogP) is 5.94. The van der Waals surface area contributed by atoms with Gasteiger partial charge in [-0.1, -0.05) is 68.1 Å². The summed E-state index contributed by atoms with van der Waals surface area (Å²) >= 11 is 1.49. The Morgan fingerprint density at radius 1 is 1.03 bits per heavy atom. The molecule has 1 atom stereocenters. The van der Waals surface area contributed by atoms with Crippen LogP contribution >= 0.6 is 11.8 Å². The lowest BCUT2D eigenvalue weighted by molar-refractivity contribution is -0.121. The fraction of sp³-hybridized carbons (Fsp3) is 0.321. The van der Waals surface area contributed by atoms with Crippen molar-refractivity contribution in [3.63, 3.8) is 0 Å². The van der Waals surface area contributed by atoms with E-state index >= 15 is 0 Å². The van der Waals surface area contributed by atoms with E-state index in [1.165, 1.54) is 17.3 Å². The molecule has 2 heterocycles. The fourth-order valence-corrected chi connectivity index (χ4v) is 5.26. The van der Waals surface area contributed by atoms with Gasteiger partial charge in [-0.15, -0.1) is 0 Å². The molecule has 0 saturated carbocycles. The number of carbonyl (C=O) groups is 2. The summed E-state index contributed by atoms with van der Waals surface area (Å²) in [6.07, 6.45) is 0.220. The van der Waals surface area contributed by atoms with E-state index in [9.17, 15) is 9.59 Å². The van der Waals surface area contributed by atoms with E-state index in [1.807, 2.05) is 61.4 Å². The van der Waals surface area contributed by atoms with Crippen LogP contribution in [0.3, 0.4) is 0 Å². The summed E-state index contributed by atoms with van der Waals surface area (Å²) in [5.74, 6) is 0.157. The van der Waals surface area contributed by atoms with E-state index in [1.54, 1.807) is 0 Å². The van der Waals surface area contributed by atoms with Gasteiger partial charge in [-0.05, 0) is 55.4 Å². The first-order valence-corrected chi connectivity index (χ1v) is 12.8. The number of para-hydroxylation sites is 1. The van der Waals surface area contributed by atoms with E-state index in [4.69, 9.17) is 4.99 Å². The van der Waals surface area contributed by atoms with Crippen molar-refractivity contribution >= 4 is 34.4 Å². The van der Waals surface area contributed by atoms with Crippen molar-refractivity contribution in [1.82, 2.24) is 10.2 Å². The maximum absolute atomic E-state index is 13.6. The summed E-state index contributed by atoms with van der Waals surface area (Å²) in [5.41, 5.74) is 5.03. The molecule has 0 spiro atoms. The lowest BCUT2D eigenvalue weighted by atomic mass is 9.91. The minimum absolute atomic E-state index is 0.0523. The number of nitrogens with zero attached hydrogens (tertiary/aromatic N) is 2. The molecule has 0 aromatic heterocycles. The van der Waals surface area contributed by atoms with E-state index in [2.05, 4.69) is 48.7 Å². The van der Waals surface area contributed by atoms with Crippen LogP contribution in [0.15, 0.2) is 82.0 Å². The highest BCUT2D eigenvalue weighted by Gasteiger charge is 2.40. The van der Waals surface area contributed by atoms with Gasteiger partial charge in [-0.25, -0.2) is 4.99 Å². The number of hydrogen-bond acceptors (Lipinski definition) is 5. The van der Waals surface area contributed by atoms with Crippen LogP contribution in [-0.2, 0) is 9.59 Å². The Morgan fingerprint density at radius 2 is 1.71 bits per heavy atom. The van der Waals surface area contributed by atoms with Crippen LogP contribution < -0.4 is 10.6 Å². The second-order valence-corrected chi connectivity index (χ2v) is 10.3. The molecule has 2 aromatic rings. The van der Waals surface area contributed by atoms with Crippen molar-refractivity contribution in [1.29, 1.82) is 0 Å². The first-order valence-electron chi connectivity index (χ1n) is 11.9. The predicted molar refractivity (Wildman–Crippen MR) is 144 cm³/mol. The molecule has 2 amide bonds. The highest BCUT2D eigenvalue weighted by atomic mass is 32.2. The van der Waals surface area contributed by atoms with Gasteiger partial charge in [-0.2, -0.15) is 0 Å². The number of rotatable bonds is 7. The van der Waals surface area contributed by atoms with Crippen LogP contribution in [0.5, 0.6) is 0 Å². The molecular weight excluding hydrogens is 456 g/mol. The van der Waals surface area contributed by atoms with Crippen molar-refractivity contribution < 1.29 is 9.59 Å². The SMILES string of the molecule is CC1=C(C(=O)Nc2ccccc2)C(c2ccc(C(C)C)cc2)N2C(CC(=O)NC(C)C)=CSC2=N1. The molecule has 0 bridgehead atoms. The Labute approximate surface area is 211 Å². The largest absolute Gasteiger partial charge is 0.354 e. The molecule has 7 heteroatoms. The first-order chi connectivity index (χ1) is 16.7. The second kappa shape index (κ2) is 10.5. The number of carbonyl (C=O) groups excluding carboxylic acids is 2. The van der Waals surface area contributed by atoms with Crippen LogP contribution in [0.2, 0.25) is 0 Å². The van der Waals surface area contributed by atoms with Gasteiger partial charge >= 0.3 is 0 Å². The van der Waals surface area contributed by atoms with Gasteiger partial charge in [0.1, 0.15) is 0 Å². The third kappa shape index (κ3) is 5.51. The highest BCUT2D eigenvalue weighted by Crippen LogP contribution is 2.45. The van der Waals surface area contributed by atoms with Crippen LogP contribution in [0, 0.1) is 0 Å². The molecule has 2 aromatic carbocycles. The smallest absolute Gasteiger partial charge is 0.255 e. The Bertz CT molecular complexity index is 1200. The maximum atomic E-state index is 13.6. The molecule has 0 saturated heterocycles. The monoisotopic (exact) mass is 488 g/mol. The number of nitrogens with one attached hydrogen (secondary N) is 2. The highest BCUT2D eigenvalue weighted by molar-refractivity contribution is 8.16. The third-order valence-corrected chi connectivity index (χ3v) is 6.88. The Kier molecular flexibility index (Phi) is 7.45. The number of amides is 2.